The molecule has 0 bridgehead atoms. The number of carbonyl (C=O) groups is 1. The van der Waals surface area contributed by atoms with Crippen LogP contribution < -0.4 is 16.2 Å². The molecule has 4 N–H and O–H groups in total. The first-order valence-electron chi connectivity index (χ1n) is 7.16. The minimum absolute atomic E-state index is 0.183. The van der Waals surface area contributed by atoms with Crippen LogP contribution in [0.1, 0.15) is 9.67 Å². The van der Waals surface area contributed by atoms with E-state index in [9.17, 15) is 4.79 Å². The van der Waals surface area contributed by atoms with Gasteiger partial charge in [0.15, 0.2) is 10.9 Å². The molecule has 0 saturated heterocycles. The van der Waals surface area contributed by atoms with E-state index >= 15 is 0 Å². The molecule has 7 nitrogen and oxygen atoms in total. The lowest BCUT2D eigenvalue weighted by Gasteiger charge is -2.03. The summed E-state index contributed by atoms with van der Waals surface area (Å²) in [6, 6.07) is 10.6. The van der Waals surface area contributed by atoms with Gasteiger partial charge in [-0.15, -0.1) is 11.3 Å². The van der Waals surface area contributed by atoms with Gasteiger partial charge in [-0.2, -0.15) is 0 Å². The Bertz CT molecular complexity index is 1090. The van der Waals surface area contributed by atoms with Crippen molar-refractivity contribution in [2.45, 2.75) is 0 Å². The number of para-hydroxylation sites is 1. The third-order valence-electron chi connectivity index (χ3n) is 3.34. The maximum atomic E-state index is 12.5. The van der Waals surface area contributed by atoms with E-state index in [0.717, 1.165) is 9.58 Å². The Hall–Kier alpha value is -3.04. The standard InChI is InChI=1S/C16H11N5O2S2/c17-15-19-7-6-8(20-15)10-4-5-12(24-10)14(22)23-9-2-1-3-11-13(9)21-16(18)25-11/h1-7H,(H2,18,21)(H2,17,19,20). The number of benzene rings is 1. The first-order chi connectivity index (χ1) is 12.1. The Kier molecular flexibility index (Phi) is 3.79. The number of esters is 1. The summed E-state index contributed by atoms with van der Waals surface area (Å²) >= 11 is 2.61. The number of rotatable bonds is 3. The number of nitrogens with two attached hydrogens (primary N) is 2. The molecule has 0 atom stereocenters. The van der Waals surface area contributed by atoms with E-state index < -0.39 is 5.97 Å². The van der Waals surface area contributed by atoms with Crippen LogP contribution >= 0.6 is 22.7 Å². The summed E-state index contributed by atoms with van der Waals surface area (Å²) in [5.41, 5.74) is 12.6. The van der Waals surface area contributed by atoms with Gasteiger partial charge in [0, 0.05) is 6.20 Å². The van der Waals surface area contributed by atoms with Crippen LogP contribution in [0.25, 0.3) is 20.8 Å². The number of thiophene rings is 1. The molecule has 0 aliphatic rings. The lowest BCUT2D eigenvalue weighted by atomic mass is 10.3. The Labute approximate surface area is 149 Å². The fourth-order valence-corrected chi connectivity index (χ4v) is 3.87. The number of ether oxygens (including phenoxy) is 1. The first-order valence-corrected chi connectivity index (χ1v) is 8.79. The molecule has 4 rings (SSSR count). The fraction of sp³-hybridized carbons (Fsp3) is 0. The minimum atomic E-state index is -0.461. The van der Waals surface area contributed by atoms with E-state index in [1.54, 1.807) is 36.5 Å². The quantitative estimate of drug-likeness (QED) is 0.420. The molecule has 0 radical (unpaired) electrons. The van der Waals surface area contributed by atoms with Crippen LogP contribution in [-0.4, -0.2) is 20.9 Å². The third-order valence-corrected chi connectivity index (χ3v) is 5.27. The second-order valence-electron chi connectivity index (χ2n) is 5.01. The van der Waals surface area contributed by atoms with Gasteiger partial charge in [0.2, 0.25) is 5.95 Å². The number of hydrogen-bond donors (Lipinski definition) is 2. The van der Waals surface area contributed by atoms with Crippen molar-refractivity contribution in [3.8, 4) is 16.3 Å². The average molecular weight is 369 g/mol. The number of carbonyl (C=O) groups excluding carboxylic acids is 1. The summed E-state index contributed by atoms with van der Waals surface area (Å²) < 4.78 is 6.37. The molecule has 0 unspecified atom stereocenters. The highest BCUT2D eigenvalue weighted by atomic mass is 32.1. The van der Waals surface area contributed by atoms with Crippen molar-refractivity contribution in [1.29, 1.82) is 0 Å². The summed E-state index contributed by atoms with van der Waals surface area (Å²) in [7, 11) is 0. The molecule has 124 valence electrons. The summed E-state index contributed by atoms with van der Waals surface area (Å²) in [6.45, 7) is 0. The second-order valence-corrected chi connectivity index (χ2v) is 7.15. The van der Waals surface area contributed by atoms with E-state index in [0.29, 0.717) is 27.0 Å². The summed E-state index contributed by atoms with van der Waals surface area (Å²) in [5, 5.41) is 0.429. The Balaban J connectivity index is 1.61. The van der Waals surface area contributed by atoms with Crippen LogP contribution in [0.15, 0.2) is 42.6 Å². The molecule has 9 heteroatoms. The highest BCUT2D eigenvalue weighted by Gasteiger charge is 2.16. The Morgan fingerprint density at radius 1 is 1.04 bits per heavy atom. The van der Waals surface area contributed by atoms with E-state index in [-0.39, 0.29) is 5.95 Å². The van der Waals surface area contributed by atoms with Crippen LogP contribution in [0, 0.1) is 0 Å². The van der Waals surface area contributed by atoms with E-state index in [1.807, 2.05) is 6.07 Å². The molecule has 3 aromatic heterocycles. The van der Waals surface area contributed by atoms with Gasteiger partial charge < -0.3 is 16.2 Å². The van der Waals surface area contributed by atoms with Crippen molar-refractivity contribution < 1.29 is 9.53 Å². The van der Waals surface area contributed by atoms with Crippen molar-refractivity contribution >= 4 is 49.9 Å². The van der Waals surface area contributed by atoms with Crippen LogP contribution in [-0.2, 0) is 0 Å². The predicted molar refractivity (Wildman–Crippen MR) is 98.7 cm³/mol. The molecule has 0 amide bonds. The Morgan fingerprint density at radius 2 is 1.92 bits per heavy atom. The molecule has 25 heavy (non-hydrogen) atoms. The van der Waals surface area contributed by atoms with Crippen LogP contribution in [0.5, 0.6) is 5.75 Å². The van der Waals surface area contributed by atoms with Gasteiger partial charge in [-0.1, -0.05) is 17.4 Å². The topological polar surface area (TPSA) is 117 Å². The third kappa shape index (κ3) is 3.02. The fourth-order valence-electron chi connectivity index (χ4n) is 2.27. The van der Waals surface area contributed by atoms with Crippen molar-refractivity contribution in [2.75, 3.05) is 11.5 Å². The minimum Gasteiger partial charge on any atom is -0.420 e. The van der Waals surface area contributed by atoms with Crippen molar-refractivity contribution in [3.05, 3.63) is 47.5 Å². The number of nitrogen functional groups attached to an aromatic ring is 2. The highest BCUT2D eigenvalue weighted by Crippen LogP contribution is 2.32. The normalized spacial score (nSPS) is 10.9. The van der Waals surface area contributed by atoms with Gasteiger partial charge in [-0.3, -0.25) is 0 Å². The molecule has 0 saturated carbocycles. The molecule has 1 aromatic carbocycles. The predicted octanol–water partition coefficient (Wildman–Crippen LogP) is 3.20. The zero-order valence-electron chi connectivity index (χ0n) is 12.7. The summed E-state index contributed by atoms with van der Waals surface area (Å²) in [4.78, 5) is 25.9. The van der Waals surface area contributed by atoms with Crippen molar-refractivity contribution in [3.63, 3.8) is 0 Å². The summed E-state index contributed by atoms with van der Waals surface area (Å²) in [6.07, 6.45) is 1.57. The SMILES string of the molecule is Nc1nccc(-c2ccc(C(=O)Oc3cccc4sc(N)nc34)s2)n1. The zero-order valence-corrected chi connectivity index (χ0v) is 14.3. The van der Waals surface area contributed by atoms with Crippen molar-refractivity contribution in [1.82, 2.24) is 15.0 Å². The van der Waals surface area contributed by atoms with Crippen LogP contribution in [0.3, 0.4) is 0 Å². The van der Waals surface area contributed by atoms with E-state index in [2.05, 4.69) is 15.0 Å². The molecule has 0 spiro atoms. The number of thiazole rings is 1. The highest BCUT2D eigenvalue weighted by molar-refractivity contribution is 7.22. The number of anilines is 2. The maximum absolute atomic E-state index is 12.5. The molecule has 0 aliphatic carbocycles. The maximum Gasteiger partial charge on any atom is 0.353 e. The number of nitrogens with zero attached hydrogens (tertiary/aromatic N) is 3. The van der Waals surface area contributed by atoms with Gasteiger partial charge in [0.1, 0.15) is 10.4 Å². The lowest BCUT2D eigenvalue weighted by molar-refractivity contribution is 0.0742. The molecular formula is C16H11N5O2S2. The molecule has 4 aromatic rings. The largest absolute Gasteiger partial charge is 0.420 e. The van der Waals surface area contributed by atoms with Gasteiger partial charge in [-0.05, 0) is 30.3 Å². The number of fused-ring (bicyclic) bond motifs is 1. The van der Waals surface area contributed by atoms with Gasteiger partial charge in [-0.25, -0.2) is 19.7 Å². The molecule has 0 fully saturated rings. The van der Waals surface area contributed by atoms with Gasteiger partial charge in [0.25, 0.3) is 0 Å². The number of aromatic nitrogens is 3. The van der Waals surface area contributed by atoms with E-state index in [4.69, 9.17) is 16.2 Å². The Morgan fingerprint density at radius 3 is 2.76 bits per heavy atom. The average Bonchev–Trinajstić information content (AvgIpc) is 3.21. The van der Waals surface area contributed by atoms with Gasteiger partial charge in [0.05, 0.1) is 15.3 Å². The van der Waals surface area contributed by atoms with Crippen LogP contribution in [0.4, 0.5) is 11.1 Å². The van der Waals surface area contributed by atoms with E-state index in [1.165, 1.54) is 22.7 Å². The second kappa shape index (κ2) is 6.11. The monoisotopic (exact) mass is 369 g/mol. The molecular weight excluding hydrogens is 358 g/mol. The lowest BCUT2D eigenvalue weighted by Crippen LogP contribution is -2.06. The molecule has 3 heterocycles. The first kappa shape index (κ1) is 15.5. The van der Waals surface area contributed by atoms with Gasteiger partial charge >= 0.3 is 5.97 Å². The van der Waals surface area contributed by atoms with Crippen molar-refractivity contribution in [2.24, 2.45) is 0 Å². The van der Waals surface area contributed by atoms with Crippen LogP contribution in [0.2, 0.25) is 0 Å². The molecule has 0 aliphatic heterocycles. The number of hydrogen-bond acceptors (Lipinski definition) is 9. The zero-order chi connectivity index (χ0) is 17.4. The smallest absolute Gasteiger partial charge is 0.353 e. The summed E-state index contributed by atoms with van der Waals surface area (Å²) in [5.74, 6) is 0.108.